The first-order valence-corrected chi connectivity index (χ1v) is 26.9. The maximum Gasteiger partial charge on any atom is 0.306 e. The monoisotopic (exact) mass is 937 g/mol. The second-order valence-electron chi connectivity index (χ2n) is 17.2. The average Bonchev–Trinajstić information content (AvgIpc) is 3.34. The largest absolute Gasteiger partial charge is 0.462 e. The Bertz CT molecular complexity index is 1540. The van der Waals surface area contributed by atoms with Crippen molar-refractivity contribution >= 4 is 17.9 Å². The van der Waals surface area contributed by atoms with E-state index in [2.05, 4.69) is 93.7 Å². The van der Waals surface area contributed by atoms with Crippen LogP contribution in [0.3, 0.4) is 0 Å². The Labute approximate surface area is 417 Å². The van der Waals surface area contributed by atoms with E-state index in [1.54, 1.807) is 0 Å². The van der Waals surface area contributed by atoms with Crippen molar-refractivity contribution in [2.24, 2.45) is 0 Å². The SMILES string of the molecule is CC\C=C/C=C\C=C/C=C\C=C\C=C/C=C\CCCCCC(=O)OCC(COC(=O)CCCCCCCCCCCCCC)OC(=O)CCCCC/C=C\C/C=C\C/C=C\C/C=C\C/C=C\CC. The molecule has 1 atom stereocenters. The standard InChI is InChI=1S/C62H96O6/c1-4-7-10-13-16-19-22-25-27-29-31-33-35-37-40-43-46-49-52-55-61(64)67-58-59(57-66-60(63)54-51-48-45-42-39-24-21-18-15-12-9-6-3)68-62(65)56-53-50-47-44-41-38-36-34-32-30-28-26-23-20-17-14-11-8-5-2/h7-8,10-11,13,16-17,19-20,22,25-29,31-35,37-38,40-41,59H,4-6,9,12,14-15,18,21,23-24,30,36,39,42-58H2,1-3H3/b10-7-,11-8-,16-13-,20-17-,22-19-,27-25-,28-26-,31-29+,34-32-,35-33-,40-37-,41-38-. The molecule has 6 heteroatoms. The van der Waals surface area contributed by atoms with Crippen LogP contribution in [0.2, 0.25) is 0 Å². The van der Waals surface area contributed by atoms with Crippen molar-refractivity contribution in [3.8, 4) is 0 Å². The van der Waals surface area contributed by atoms with E-state index < -0.39 is 6.10 Å². The molecule has 0 bridgehead atoms. The minimum atomic E-state index is -0.819. The first kappa shape index (κ1) is 63.3. The molecule has 380 valence electrons. The molecule has 0 radical (unpaired) electrons. The van der Waals surface area contributed by atoms with Gasteiger partial charge in [-0.3, -0.25) is 14.4 Å². The number of unbranched alkanes of at least 4 members (excludes halogenated alkanes) is 17. The van der Waals surface area contributed by atoms with E-state index in [1.807, 2.05) is 72.9 Å². The third-order valence-electron chi connectivity index (χ3n) is 10.8. The second-order valence-corrected chi connectivity index (χ2v) is 17.2. The molecule has 0 aliphatic heterocycles. The van der Waals surface area contributed by atoms with Gasteiger partial charge in [0.15, 0.2) is 6.10 Å². The first-order valence-electron chi connectivity index (χ1n) is 26.9. The lowest BCUT2D eigenvalue weighted by Gasteiger charge is -2.18. The molecule has 0 N–H and O–H groups in total. The van der Waals surface area contributed by atoms with E-state index >= 15 is 0 Å². The maximum atomic E-state index is 12.8. The quantitative estimate of drug-likeness (QED) is 0.0199. The molecule has 0 heterocycles. The Hall–Kier alpha value is -4.71. The Morgan fingerprint density at radius 2 is 0.647 bits per heavy atom. The Balaban J connectivity index is 4.57. The summed E-state index contributed by atoms with van der Waals surface area (Å²) in [6.45, 7) is 6.29. The predicted octanol–water partition coefficient (Wildman–Crippen LogP) is 18.0. The van der Waals surface area contributed by atoms with Crippen LogP contribution in [0, 0.1) is 0 Å². The number of hydrogen-bond donors (Lipinski definition) is 0. The first-order chi connectivity index (χ1) is 33.5. The highest BCUT2D eigenvalue weighted by Gasteiger charge is 2.19. The molecule has 0 amide bonds. The van der Waals surface area contributed by atoms with Gasteiger partial charge in [0.05, 0.1) is 0 Å². The highest BCUT2D eigenvalue weighted by Crippen LogP contribution is 2.14. The fourth-order valence-electron chi connectivity index (χ4n) is 6.80. The van der Waals surface area contributed by atoms with Crippen LogP contribution in [0.1, 0.15) is 207 Å². The van der Waals surface area contributed by atoms with Crippen molar-refractivity contribution in [3.63, 3.8) is 0 Å². The van der Waals surface area contributed by atoms with Crippen LogP contribution in [0.25, 0.3) is 0 Å². The van der Waals surface area contributed by atoms with Gasteiger partial charge in [-0.1, -0.05) is 250 Å². The van der Waals surface area contributed by atoms with E-state index in [4.69, 9.17) is 14.2 Å². The Morgan fingerprint density at radius 3 is 1.07 bits per heavy atom. The van der Waals surface area contributed by atoms with E-state index in [0.29, 0.717) is 19.3 Å². The number of carbonyl (C=O) groups is 3. The van der Waals surface area contributed by atoms with Crippen molar-refractivity contribution in [2.75, 3.05) is 13.2 Å². The van der Waals surface area contributed by atoms with Gasteiger partial charge in [-0.25, -0.2) is 0 Å². The second kappa shape index (κ2) is 54.9. The summed E-state index contributed by atoms with van der Waals surface area (Å²) >= 11 is 0. The van der Waals surface area contributed by atoms with Crippen molar-refractivity contribution in [1.82, 2.24) is 0 Å². The highest BCUT2D eigenvalue weighted by molar-refractivity contribution is 5.71. The summed E-state index contributed by atoms with van der Waals surface area (Å²) in [6.07, 6.45) is 78.2. The molecular weight excluding hydrogens is 841 g/mol. The third-order valence-corrected chi connectivity index (χ3v) is 10.8. The molecule has 68 heavy (non-hydrogen) atoms. The van der Waals surface area contributed by atoms with Crippen molar-refractivity contribution < 1.29 is 28.6 Å². The van der Waals surface area contributed by atoms with Gasteiger partial charge in [0.2, 0.25) is 0 Å². The molecule has 0 aromatic heterocycles. The fraction of sp³-hybridized carbons (Fsp3) is 0.565. The summed E-state index contributed by atoms with van der Waals surface area (Å²) in [5.41, 5.74) is 0. The summed E-state index contributed by atoms with van der Waals surface area (Å²) in [7, 11) is 0. The van der Waals surface area contributed by atoms with Gasteiger partial charge in [0, 0.05) is 19.3 Å². The zero-order valence-corrected chi connectivity index (χ0v) is 43.3. The van der Waals surface area contributed by atoms with E-state index in [-0.39, 0.29) is 37.5 Å². The zero-order valence-electron chi connectivity index (χ0n) is 43.3. The molecule has 6 nitrogen and oxygen atoms in total. The number of hydrogen-bond acceptors (Lipinski definition) is 6. The van der Waals surface area contributed by atoms with Crippen LogP contribution >= 0.6 is 0 Å². The molecule has 0 saturated heterocycles. The Morgan fingerprint density at radius 1 is 0.324 bits per heavy atom. The van der Waals surface area contributed by atoms with Gasteiger partial charge in [0.1, 0.15) is 13.2 Å². The van der Waals surface area contributed by atoms with E-state index in [9.17, 15) is 14.4 Å². The predicted molar refractivity (Wildman–Crippen MR) is 292 cm³/mol. The number of allylic oxidation sites excluding steroid dienone is 24. The molecule has 1 unspecified atom stereocenters. The van der Waals surface area contributed by atoms with Crippen LogP contribution in [-0.2, 0) is 28.6 Å². The molecule has 0 aliphatic carbocycles. The molecule has 0 aromatic carbocycles. The van der Waals surface area contributed by atoms with Gasteiger partial charge >= 0.3 is 17.9 Å². The van der Waals surface area contributed by atoms with Crippen LogP contribution in [0.5, 0.6) is 0 Å². The van der Waals surface area contributed by atoms with Crippen molar-refractivity contribution in [3.05, 3.63) is 146 Å². The molecule has 0 saturated carbocycles. The lowest BCUT2D eigenvalue weighted by Crippen LogP contribution is -2.30. The van der Waals surface area contributed by atoms with Crippen LogP contribution in [-0.4, -0.2) is 37.2 Å². The normalized spacial score (nSPS) is 13.3. The van der Waals surface area contributed by atoms with Crippen molar-refractivity contribution in [1.29, 1.82) is 0 Å². The average molecular weight is 937 g/mol. The fourth-order valence-corrected chi connectivity index (χ4v) is 6.80. The van der Waals surface area contributed by atoms with Crippen LogP contribution in [0.15, 0.2) is 146 Å². The maximum absolute atomic E-state index is 12.8. The van der Waals surface area contributed by atoms with E-state index in [0.717, 1.165) is 103 Å². The zero-order chi connectivity index (χ0) is 49.3. The van der Waals surface area contributed by atoms with Crippen LogP contribution in [0.4, 0.5) is 0 Å². The Kier molecular flexibility index (Phi) is 51.1. The number of esters is 3. The molecule has 0 aliphatic rings. The highest BCUT2D eigenvalue weighted by atomic mass is 16.6. The van der Waals surface area contributed by atoms with Gasteiger partial charge in [-0.15, -0.1) is 0 Å². The van der Waals surface area contributed by atoms with E-state index in [1.165, 1.54) is 57.8 Å². The summed E-state index contributed by atoms with van der Waals surface area (Å²) in [5.74, 6) is -0.999. The van der Waals surface area contributed by atoms with Crippen LogP contribution < -0.4 is 0 Å². The van der Waals surface area contributed by atoms with Gasteiger partial charge in [0.25, 0.3) is 0 Å². The van der Waals surface area contributed by atoms with Gasteiger partial charge in [-0.05, 0) is 83.5 Å². The third kappa shape index (κ3) is 52.3. The van der Waals surface area contributed by atoms with Gasteiger partial charge < -0.3 is 14.2 Å². The lowest BCUT2D eigenvalue weighted by molar-refractivity contribution is -0.167. The molecular formula is C62H96O6. The minimum absolute atomic E-state index is 0.111. The molecule has 0 aromatic rings. The molecule has 0 spiro atoms. The summed E-state index contributed by atoms with van der Waals surface area (Å²) in [6, 6.07) is 0. The number of ether oxygens (including phenoxy) is 3. The van der Waals surface area contributed by atoms with Crippen molar-refractivity contribution in [2.45, 2.75) is 213 Å². The lowest BCUT2D eigenvalue weighted by atomic mass is 10.0. The minimum Gasteiger partial charge on any atom is -0.462 e. The summed E-state index contributed by atoms with van der Waals surface area (Å²) < 4.78 is 16.8. The topological polar surface area (TPSA) is 78.9 Å². The summed E-state index contributed by atoms with van der Waals surface area (Å²) in [5, 5.41) is 0. The smallest absolute Gasteiger partial charge is 0.306 e. The number of rotatable bonds is 46. The molecule has 0 rings (SSSR count). The summed E-state index contributed by atoms with van der Waals surface area (Å²) in [4.78, 5) is 38.1. The molecule has 0 fully saturated rings. The number of carbonyl (C=O) groups excluding carboxylic acids is 3. The van der Waals surface area contributed by atoms with Gasteiger partial charge in [-0.2, -0.15) is 0 Å².